The van der Waals surface area contributed by atoms with Crippen molar-refractivity contribution < 1.29 is 9.50 Å². The van der Waals surface area contributed by atoms with Gasteiger partial charge in [-0.05, 0) is 62.0 Å². The fourth-order valence-corrected chi connectivity index (χ4v) is 5.79. The lowest BCUT2D eigenvalue weighted by Crippen LogP contribution is -2.75. The van der Waals surface area contributed by atoms with Gasteiger partial charge in [0.2, 0.25) is 0 Å². The van der Waals surface area contributed by atoms with Gasteiger partial charge in [0, 0.05) is 18.0 Å². The molecule has 5 heteroatoms. The maximum Gasteiger partial charge on any atom is 0.171 e. The SMILES string of the molecule is O[C@]12CCCC[C@H]1C1(CCCCC1)NC(=S)N2Cc1ccc(F)cc1. The van der Waals surface area contributed by atoms with Gasteiger partial charge in [-0.1, -0.05) is 37.8 Å². The van der Waals surface area contributed by atoms with E-state index in [1.807, 2.05) is 4.90 Å². The monoisotopic (exact) mass is 362 g/mol. The van der Waals surface area contributed by atoms with Gasteiger partial charge in [-0.15, -0.1) is 0 Å². The molecule has 2 atom stereocenters. The molecule has 0 amide bonds. The second kappa shape index (κ2) is 6.51. The Morgan fingerprint density at radius 3 is 2.48 bits per heavy atom. The number of benzene rings is 1. The highest BCUT2D eigenvalue weighted by Crippen LogP contribution is 2.50. The van der Waals surface area contributed by atoms with Gasteiger partial charge in [-0.3, -0.25) is 0 Å². The molecule has 25 heavy (non-hydrogen) atoms. The Morgan fingerprint density at radius 2 is 1.76 bits per heavy atom. The maximum absolute atomic E-state index is 13.2. The molecule has 1 aromatic rings. The lowest BCUT2D eigenvalue weighted by molar-refractivity contribution is -0.184. The second-order valence-electron chi connectivity index (χ2n) is 8.04. The summed E-state index contributed by atoms with van der Waals surface area (Å²) < 4.78 is 13.2. The summed E-state index contributed by atoms with van der Waals surface area (Å²) in [7, 11) is 0. The van der Waals surface area contributed by atoms with Gasteiger partial charge < -0.3 is 15.3 Å². The smallest absolute Gasteiger partial charge is 0.171 e. The van der Waals surface area contributed by atoms with E-state index >= 15 is 0 Å². The van der Waals surface area contributed by atoms with E-state index < -0.39 is 5.72 Å². The first-order chi connectivity index (χ1) is 12.0. The third-order valence-corrected chi connectivity index (χ3v) is 6.90. The summed E-state index contributed by atoms with van der Waals surface area (Å²) in [6, 6.07) is 6.51. The standard InChI is InChI=1S/C20H27FN2OS/c21-16-9-7-15(8-10-16)14-23-18(25)22-19(11-3-1-4-12-19)17-6-2-5-13-20(17,23)24/h7-10,17,24H,1-6,11-14H2,(H,22,25)/t17-,20+/m0/s1. The van der Waals surface area contributed by atoms with E-state index in [4.69, 9.17) is 12.2 Å². The number of aliphatic hydroxyl groups is 1. The second-order valence-corrected chi connectivity index (χ2v) is 8.42. The molecule has 1 heterocycles. The molecule has 0 unspecified atom stereocenters. The Balaban J connectivity index is 1.66. The van der Waals surface area contributed by atoms with Crippen LogP contribution in [0.25, 0.3) is 0 Å². The average Bonchev–Trinajstić information content (AvgIpc) is 2.61. The summed E-state index contributed by atoms with van der Waals surface area (Å²) in [5, 5.41) is 16.1. The highest BCUT2D eigenvalue weighted by atomic mass is 32.1. The summed E-state index contributed by atoms with van der Waals surface area (Å²) in [5.74, 6) is -0.0280. The van der Waals surface area contributed by atoms with Crippen molar-refractivity contribution in [3.8, 4) is 0 Å². The zero-order valence-electron chi connectivity index (χ0n) is 14.6. The number of nitrogens with zero attached hydrogens (tertiary/aromatic N) is 1. The maximum atomic E-state index is 13.2. The van der Waals surface area contributed by atoms with Gasteiger partial charge in [0.1, 0.15) is 11.5 Å². The molecule has 0 aromatic heterocycles. The van der Waals surface area contributed by atoms with E-state index in [-0.39, 0.29) is 17.3 Å². The molecule has 1 aliphatic heterocycles. The van der Waals surface area contributed by atoms with Crippen molar-refractivity contribution in [3.63, 3.8) is 0 Å². The van der Waals surface area contributed by atoms with Crippen LogP contribution in [-0.2, 0) is 6.54 Å². The summed E-state index contributed by atoms with van der Waals surface area (Å²) >= 11 is 5.73. The number of halogens is 1. The summed E-state index contributed by atoms with van der Waals surface area (Å²) in [6.07, 6.45) is 9.92. The molecule has 3 aliphatic rings. The fraction of sp³-hybridized carbons (Fsp3) is 0.650. The first-order valence-electron chi connectivity index (χ1n) is 9.60. The van der Waals surface area contributed by atoms with E-state index in [9.17, 15) is 9.50 Å². The van der Waals surface area contributed by atoms with Crippen LogP contribution < -0.4 is 5.32 Å². The third-order valence-electron chi connectivity index (χ3n) is 6.58. The van der Waals surface area contributed by atoms with Gasteiger partial charge in [0.15, 0.2) is 5.11 Å². The molecule has 3 nitrogen and oxygen atoms in total. The van der Waals surface area contributed by atoms with Crippen LogP contribution in [0.3, 0.4) is 0 Å². The van der Waals surface area contributed by atoms with E-state index in [0.717, 1.165) is 37.7 Å². The van der Waals surface area contributed by atoms with Crippen LogP contribution in [0.5, 0.6) is 0 Å². The lowest BCUT2D eigenvalue weighted by Gasteiger charge is -2.61. The van der Waals surface area contributed by atoms with E-state index in [1.54, 1.807) is 12.1 Å². The molecule has 136 valence electrons. The first-order valence-corrected chi connectivity index (χ1v) is 10.0. The molecule has 1 saturated heterocycles. The average molecular weight is 363 g/mol. The molecule has 0 bridgehead atoms. The number of fused-ring (bicyclic) bond motifs is 2. The molecule has 2 saturated carbocycles. The van der Waals surface area contributed by atoms with Gasteiger partial charge >= 0.3 is 0 Å². The minimum atomic E-state index is -0.883. The van der Waals surface area contributed by atoms with Crippen LogP contribution in [0, 0.1) is 11.7 Å². The van der Waals surface area contributed by atoms with Crippen LogP contribution >= 0.6 is 12.2 Å². The minimum absolute atomic E-state index is 0.0379. The van der Waals surface area contributed by atoms with Gasteiger partial charge in [-0.2, -0.15) is 0 Å². The van der Waals surface area contributed by atoms with E-state index in [2.05, 4.69) is 5.32 Å². The highest BCUT2D eigenvalue weighted by Gasteiger charge is 2.58. The van der Waals surface area contributed by atoms with Gasteiger partial charge in [0.25, 0.3) is 0 Å². The van der Waals surface area contributed by atoms with Crippen molar-refractivity contribution in [1.29, 1.82) is 0 Å². The molecule has 1 aromatic carbocycles. The molecule has 2 aliphatic carbocycles. The Kier molecular flexibility index (Phi) is 4.49. The van der Waals surface area contributed by atoms with Gasteiger partial charge in [-0.25, -0.2) is 4.39 Å². The molecular formula is C20H27FN2OS. The molecular weight excluding hydrogens is 335 g/mol. The number of hydrogen-bond donors (Lipinski definition) is 2. The van der Waals surface area contributed by atoms with Crippen molar-refractivity contribution in [2.24, 2.45) is 5.92 Å². The van der Waals surface area contributed by atoms with Crippen LogP contribution in [0.2, 0.25) is 0 Å². The van der Waals surface area contributed by atoms with Crippen LogP contribution in [0.1, 0.15) is 63.4 Å². The predicted molar refractivity (Wildman–Crippen MR) is 100 cm³/mol. The van der Waals surface area contributed by atoms with Crippen molar-refractivity contribution in [1.82, 2.24) is 10.2 Å². The normalized spacial score (nSPS) is 31.5. The van der Waals surface area contributed by atoms with Gasteiger partial charge in [0.05, 0.1) is 0 Å². The predicted octanol–water partition coefficient (Wildman–Crippen LogP) is 4.10. The summed E-state index contributed by atoms with van der Waals surface area (Å²) in [5.41, 5.74) is 0.0544. The number of hydrogen-bond acceptors (Lipinski definition) is 2. The fourth-order valence-electron chi connectivity index (χ4n) is 5.36. The van der Waals surface area contributed by atoms with Crippen molar-refractivity contribution in [3.05, 3.63) is 35.6 Å². The molecule has 1 spiro atoms. The molecule has 2 N–H and O–H groups in total. The number of thiocarbonyl (C=S) groups is 1. The van der Waals surface area contributed by atoms with Crippen LogP contribution in [0.15, 0.2) is 24.3 Å². The van der Waals surface area contributed by atoms with Crippen molar-refractivity contribution in [2.75, 3.05) is 0 Å². The van der Waals surface area contributed by atoms with Crippen LogP contribution in [0.4, 0.5) is 4.39 Å². The summed E-state index contributed by atoms with van der Waals surface area (Å²) in [4.78, 5) is 1.97. The summed E-state index contributed by atoms with van der Waals surface area (Å²) in [6.45, 7) is 0.523. The van der Waals surface area contributed by atoms with Crippen molar-refractivity contribution in [2.45, 2.75) is 75.6 Å². The largest absolute Gasteiger partial charge is 0.370 e. The molecule has 3 fully saturated rings. The third kappa shape index (κ3) is 2.95. The molecule has 0 radical (unpaired) electrons. The zero-order chi connectivity index (χ0) is 17.5. The Labute approximate surface area is 154 Å². The lowest BCUT2D eigenvalue weighted by atomic mass is 9.62. The van der Waals surface area contributed by atoms with E-state index in [0.29, 0.717) is 11.7 Å². The van der Waals surface area contributed by atoms with Crippen molar-refractivity contribution >= 4 is 17.3 Å². The Bertz CT molecular complexity index is 644. The topological polar surface area (TPSA) is 35.5 Å². The zero-order valence-corrected chi connectivity index (χ0v) is 15.5. The quantitative estimate of drug-likeness (QED) is 0.777. The van der Waals surface area contributed by atoms with E-state index in [1.165, 1.54) is 37.8 Å². The van der Waals surface area contributed by atoms with Crippen LogP contribution in [-0.4, -0.2) is 26.4 Å². The minimum Gasteiger partial charge on any atom is -0.370 e. The number of rotatable bonds is 2. The Morgan fingerprint density at radius 1 is 1.08 bits per heavy atom. The first kappa shape index (κ1) is 17.2. The number of nitrogens with one attached hydrogen (secondary N) is 1. The molecule has 4 rings (SSSR count). The Hall–Kier alpha value is -1.20. The highest BCUT2D eigenvalue weighted by molar-refractivity contribution is 7.80.